The number of rotatable bonds is 7. The van der Waals surface area contributed by atoms with E-state index in [1.165, 1.54) is 32.1 Å². The maximum atomic E-state index is 11.7. The fraction of sp³-hybridized carbons (Fsp3) is 0.941. The van der Waals surface area contributed by atoms with E-state index in [1.807, 2.05) is 20.8 Å². The first-order chi connectivity index (χ1) is 10.3. The molecule has 0 saturated heterocycles. The highest BCUT2D eigenvalue weighted by molar-refractivity contribution is 5.67. The second kappa shape index (κ2) is 7.64. The van der Waals surface area contributed by atoms with Crippen LogP contribution in [-0.2, 0) is 4.74 Å². The van der Waals surface area contributed by atoms with Gasteiger partial charge in [-0.15, -0.1) is 0 Å². The van der Waals surface area contributed by atoms with Gasteiger partial charge in [0.25, 0.3) is 0 Å². The second-order valence-corrected chi connectivity index (χ2v) is 7.85. The van der Waals surface area contributed by atoms with Crippen LogP contribution in [0.3, 0.4) is 0 Å². The Balaban J connectivity index is 1.63. The van der Waals surface area contributed by atoms with Gasteiger partial charge in [-0.05, 0) is 59.4 Å². The molecule has 2 atom stereocenters. The molecule has 2 rings (SSSR count). The maximum absolute atomic E-state index is 11.7. The van der Waals surface area contributed by atoms with Crippen molar-refractivity contribution in [2.45, 2.75) is 70.6 Å². The number of carbonyl (C=O) groups is 1. The average molecular weight is 311 g/mol. The van der Waals surface area contributed by atoms with E-state index in [1.54, 1.807) is 0 Å². The molecular formula is C17H33N3O2. The van der Waals surface area contributed by atoms with Gasteiger partial charge >= 0.3 is 6.09 Å². The number of hydrogen-bond donors (Lipinski definition) is 2. The molecule has 22 heavy (non-hydrogen) atoms. The van der Waals surface area contributed by atoms with E-state index >= 15 is 0 Å². The minimum absolute atomic E-state index is 0.299. The molecule has 0 heterocycles. The number of hydrogen-bond acceptors (Lipinski definition) is 4. The Morgan fingerprint density at radius 2 is 1.95 bits per heavy atom. The van der Waals surface area contributed by atoms with Gasteiger partial charge in [-0.3, -0.25) is 0 Å². The molecule has 1 amide bonds. The van der Waals surface area contributed by atoms with Crippen LogP contribution in [0, 0.1) is 5.92 Å². The van der Waals surface area contributed by atoms with E-state index in [4.69, 9.17) is 4.74 Å². The topological polar surface area (TPSA) is 53.6 Å². The first kappa shape index (κ1) is 17.5. The van der Waals surface area contributed by atoms with E-state index in [9.17, 15) is 4.79 Å². The molecule has 0 bridgehead atoms. The van der Waals surface area contributed by atoms with Crippen molar-refractivity contribution in [3.05, 3.63) is 0 Å². The van der Waals surface area contributed by atoms with Crippen LogP contribution in [0.25, 0.3) is 0 Å². The first-order valence-corrected chi connectivity index (χ1v) is 8.75. The molecule has 0 spiro atoms. The van der Waals surface area contributed by atoms with Crippen molar-refractivity contribution in [1.82, 2.24) is 15.5 Å². The minimum atomic E-state index is -0.426. The van der Waals surface area contributed by atoms with E-state index in [-0.39, 0.29) is 6.09 Å². The molecule has 2 fully saturated rings. The van der Waals surface area contributed by atoms with Gasteiger partial charge in [0.15, 0.2) is 0 Å². The standard InChI is InChI=1S/C17H33N3O2/c1-17(2,3)22-16(21)19-12-13-6-5-7-15(13)18-10-11-20(4)14-8-9-14/h13-15,18H,5-12H2,1-4H3,(H,19,21). The van der Waals surface area contributed by atoms with Crippen molar-refractivity contribution >= 4 is 6.09 Å². The molecule has 5 nitrogen and oxygen atoms in total. The van der Waals surface area contributed by atoms with Crippen LogP contribution >= 0.6 is 0 Å². The van der Waals surface area contributed by atoms with Crippen LogP contribution in [0.15, 0.2) is 0 Å². The summed E-state index contributed by atoms with van der Waals surface area (Å²) in [5.74, 6) is 0.527. The Bertz CT molecular complexity index is 363. The predicted molar refractivity (Wildman–Crippen MR) is 89.0 cm³/mol. The number of nitrogens with one attached hydrogen (secondary N) is 2. The summed E-state index contributed by atoms with van der Waals surface area (Å²) in [6.45, 7) is 8.55. The molecule has 0 aromatic heterocycles. The van der Waals surface area contributed by atoms with E-state index in [2.05, 4.69) is 22.6 Å². The van der Waals surface area contributed by atoms with Crippen molar-refractivity contribution in [2.24, 2.45) is 5.92 Å². The highest BCUT2D eigenvalue weighted by atomic mass is 16.6. The smallest absolute Gasteiger partial charge is 0.407 e. The Labute approximate surface area is 135 Å². The predicted octanol–water partition coefficient (Wildman–Crippen LogP) is 2.36. The van der Waals surface area contributed by atoms with Gasteiger partial charge in [0, 0.05) is 31.7 Å². The minimum Gasteiger partial charge on any atom is -0.444 e. The van der Waals surface area contributed by atoms with Gasteiger partial charge < -0.3 is 20.3 Å². The Hall–Kier alpha value is -0.810. The third-order valence-electron chi connectivity index (χ3n) is 4.61. The highest BCUT2D eigenvalue weighted by Gasteiger charge is 2.29. The third-order valence-corrected chi connectivity index (χ3v) is 4.61. The number of amides is 1. The van der Waals surface area contributed by atoms with Crippen LogP contribution in [0.2, 0.25) is 0 Å². The van der Waals surface area contributed by atoms with Crippen molar-refractivity contribution in [1.29, 1.82) is 0 Å². The van der Waals surface area contributed by atoms with Crippen LogP contribution in [0.1, 0.15) is 52.9 Å². The fourth-order valence-electron chi connectivity index (χ4n) is 3.20. The van der Waals surface area contributed by atoms with Crippen LogP contribution in [0.5, 0.6) is 0 Å². The van der Waals surface area contributed by atoms with Gasteiger partial charge in [0.05, 0.1) is 0 Å². The number of nitrogens with zero attached hydrogens (tertiary/aromatic N) is 1. The van der Waals surface area contributed by atoms with Crippen molar-refractivity contribution in [3.63, 3.8) is 0 Å². The van der Waals surface area contributed by atoms with Crippen LogP contribution in [-0.4, -0.2) is 55.4 Å². The zero-order chi connectivity index (χ0) is 16.2. The van der Waals surface area contributed by atoms with Gasteiger partial charge in [-0.25, -0.2) is 4.79 Å². The molecule has 0 radical (unpaired) electrons. The molecule has 0 aliphatic heterocycles. The average Bonchev–Trinajstić information content (AvgIpc) is 3.16. The lowest BCUT2D eigenvalue weighted by Crippen LogP contribution is -2.43. The fourth-order valence-corrected chi connectivity index (χ4v) is 3.20. The van der Waals surface area contributed by atoms with E-state index < -0.39 is 5.60 Å². The van der Waals surface area contributed by atoms with Gasteiger partial charge in [0.2, 0.25) is 0 Å². The second-order valence-electron chi connectivity index (χ2n) is 7.85. The molecule has 2 N–H and O–H groups in total. The molecule has 5 heteroatoms. The summed E-state index contributed by atoms with van der Waals surface area (Å²) in [7, 11) is 2.22. The summed E-state index contributed by atoms with van der Waals surface area (Å²) in [4.78, 5) is 14.2. The maximum Gasteiger partial charge on any atom is 0.407 e. The lowest BCUT2D eigenvalue weighted by molar-refractivity contribution is 0.0517. The summed E-state index contributed by atoms with van der Waals surface area (Å²) in [5.41, 5.74) is -0.426. The zero-order valence-corrected chi connectivity index (χ0v) is 14.7. The summed E-state index contributed by atoms with van der Waals surface area (Å²) in [6.07, 6.45) is 6.08. The molecule has 2 aliphatic rings. The largest absolute Gasteiger partial charge is 0.444 e. The van der Waals surface area contributed by atoms with Crippen LogP contribution in [0.4, 0.5) is 4.79 Å². The summed E-state index contributed by atoms with van der Waals surface area (Å²) in [6, 6.07) is 1.36. The molecular weight excluding hydrogens is 278 g/mol. The normalized spacial score (nSPS) is 25.5. The van der Waals surface area contributed by atoms with Crippen molar-refractivity contribution < 1.29 is 9.53 Å². The van der Waals surface area contributed by atoms with Crippen molar-refractivity contribution in [3.8, 4) is 0 Å². The van der Waals surface area contributed by atoms with Gasteiger partial charge in [0.1, 0.15) is 5.60 Å². The molecule has 128 valence electrons. The number of likely N-dealkylation sites (N-methyl/N-ethyl adjacent to an activating group) is 1. The molecule has 2 aliphatic carbocycles. The van der Waals surface area contributed by atoms with Crippen LogP contribution < -0.4 is 10.6 Å². The summed E-state index contributed by atoms with van der Waals surface area (Å²) >= 11 is 0. The summed E-state index contributed by atoms with van der Waals surface area (Å²) < 4.78 is 5.30. The third kappa shape index (κ3) is 6.13. The quantitative estimate of drug-likeness (QED) is 0.758. The molecule has 0 aromatic rings. The SMILES string of the molecule is CN(CCNC1CCCC1CNC(=O)OC(C)(C)C)C1CC1. The van der Waals surface area contributed by atoms with Gasteiger partial charge in [-0.2, -0.15) is 0 Å². The molecule has 2 unspecified atom stereocenters. The number of carbonyl (C=O) groups excluding carboxylic acids is 1. The number of alkyl carbamates (subject to hydrolysis) is 1. The molecule has 2 saturated carbocycles. The van der Waals surface area contributed by atoms with E-state index in [0.717, 1.165) is 19.1 Å². The first-order valence-electron chi connectivity index (χ1n) is 8.75. The monoisotopic (exact) mass is 311 g/mol. The van der Waals surface area contributed by atoms with Crippen molar-refractivity contribution in [2.75, 3.05) is 26.7 Å². The van der Waals surface area contributed by atoms with Gasteiger partial charge in [-0.1, -0.05) is 6.42 Å². The summed E-state index contributed by atoms with van der Waals surface area (Å²) in [5, 5.41) is 6.61. The Morgan fingerprint density at radius 1 is 1.23 bits per heavy atom. The molecule has 0 aromatic carbocycles. The van der Waals surface area contributed by atoms with E-state index in [0.29, 0.717) is 18.5 Å². The highest BCUT2D eigenvalue weighted by Crippen LogP contribution is 2.26. The lowest BCUT2D eigenvalue weighted by atomic mass is 10.0. The number of ether oxygens (including phenoxy) is 1. The Morgan fingerprint density at radius 3 is 2.59 bits per heavy atom. The lowest BCUT2D eigenvalue weighted by Gasteiger charge is -2.24. The zero-order valence-electron chi connectivity index (χ0n) is 14.7. The Kier molecular flexibility index (Phi) is 6.09.